The van der Waals surface area contributed by atoms with Crippen molar-refractivity contribution in [3.8, 4) is 0 Å². The molecule has 0 aliphatic carbocycles. The number of para-hydroxylation sites is 1. The zero-order valence-corrected chi connectivity index (χ0v) is 16.4. The summed E-state index contributed by atoms with van der Waals surface area (Å²) in [6.45, 7) is 5.00. The highest BCUT2D eigenvalue weighted by Crippen LogP contribution is 2.31. The molecule has 6 nitrogen and oxygen atoms in total. The Kier molecular flexibility index (Phi) is 5.48. The molecule has 1 fully saturated rings. The minimum Gasteiger partial charge on any atom is -0.462 e. The Bertz CT molecular complexity index is 909. The van der Waals surface area contributed by atoms with Gasteiger partial charge < -0.3 is 14.6 Å². The molecule has 3 heterocycles. The second kappa shape index (κ2) is 8.19. The molecule has 2 aromatic rings. The molecule has 1 N–H and O–H groups in total. The number of carbonyl (C=O) groups excluding carboxylic acids is 2. The van der Waals surface area contributed by atoms with E-state index in [0.29, 0.717) is 31.7 Å². The lowest BCUT2D eigenvalue weighted by Crippen LogP contribution is -2.40. The lowest BCUT2D eigenvalue weighted by Gasteiger charge is -2.28. The fourth-order valence-electron chi connectivity index (χ4n) is 4.17. The summed E-state index contributed by atoms with van der Waals surface area (Å²) in [6, 6.07) is 8.03. The van der Waals surface area contributed by atoms with Crippen molar-refractivity contribution in [3.05, 3.63) is 41.7 Å². The number of esters is 1. The van der Waals surface area contributed by atoms with E-state index < -0.39 is 5.97 Å². The summed E-state index contributed by atoms with van der Waals surface area (Å²) < 4.78 is 5.29. The van der Waals surface area contributed by atoms with E-state index in [9.17, 15) is 9.59 Å². The molecule has 28 heavy (non-hydrogen) atoms. The van der Waals surface area contributed by atoms with Crippen LogP contribution in [0.5, 0.6) is 0 Å². The van der Waals surface area contributed by atoms with Crippen LogP contribution in [0, 0.1) is 0 Å². The Morgan fingerprint density at radius 1 is 1.11 bits per heavy atom. The van der Waals surface area contributed by atoms with Gasteiger partial charge in [0.25, 0.3) is 0 Å². The van der Waals surface area contributed by atoms with Crippen molar-refractivity contribution in [2.45, 2.75) is 32.6 Å². The minimum atomic E-state index is -0.395. The summed E-state index contributed by atoms with van der Waals surface area (Å²) in [6.07, 6.45) is 5.92. The summed E-state index contributed by atoms with van der Waals surface area (Å²) in [5.41, 5.74) is 3.27. The SMILES string of the molecule is CCOC(=O)C1=CN(C(=O)CN2CCCCC2)CCc2c1[nH]c1ccccc21. The highest BCUT2D eigenvalue weighted by atomic mass is 16.5. The van der Waals surface area contributed by atoms with Crippen LogP contribution in [0.2, 0.25) is 0 Å². The number of hydrogen-bond donors (Lipinski definition) is 1. The van der Waals surface area contributed by atoms with Crippen LogP contribution < -0.4 is 0 Å². The molecule has 1 saturated heterocycles. The fraction of sp³-hybridized carbons (Fsp3) is 0.455. The number of rotatable bonds is 4. The quantitative estimate of drug-likeness (QED) is 0.827. The average molecular weight is 381 g/mol. The van der Waals surface area contributed by atoms with E-state index in [-0.39, 0.29) is 5.91 Å². The Labute approximate surface area is 165 Å². The molecule has 0 saturated carbocycles. The van der Waals surface area contributed by atoms with Crippen LogP contribution in [0.15, 0.2) is 30.5 Å². The van der Waals surface area contributed by atoms with Gasteiger partial charge in [0.2, 0.25) is 5.91 Å². The topological polar surface area (TPSA) is 65.6 Å². The van der Waals surface area contributed by atoms with Crippen molar-refractivity contribution in [2.75, 3.05) is 32.8 Å². The zero-order valence-electron chi connectivity index (χ0n) is 16.4. The smallest absolute Gasteiger partial charge is 0.341 e. The van der Waals surface area contributed by atoms with Gasteiger partial charge in [0, 0.05) is 23.6 Å². The number of aromatic nitrogens is 1. The highest BCUT2D eigenvalue weighted by Gasteiger charge is 2.27. The molecule has 0 spiro atoms. The molecular formula is C22H27N3O3. The number of ether oxygens (including phenoxy) is 1. The van der Waals surface area contributed by atoms with Gasteiger partial charge in [-0.15, -0.1) is 0 Å². The monoisotopic (exact) mass is 381 g/mol. The van der Waals surface area contributed by atoms with Crippen LogP contribution in [0.4, 0.5) is 0 Å². The number of fused-ring (bicyclic) bond motifs is 3. The first-order chi connectivity index (χ1) is 13.7. The number of benzene rings is 1. The third kappa shape index (κ3) is 3.69. The lowest BCUT2D eigenvalue weighted by molar-refractivity contribution is -0.136. The van der Waals surface area contributed by atoms with Crippen molar-refractivity contribution in [2.24, 2.45) is 0 Å². The number of piperidine rings is 1. The van der Waals surface area contributed by atoms with Crippen molar-refractivity contribution in [3.63, 3.8) is 0 Å². The van der Waals surface area contributed by atoms with Gasteiger partial charge in [-0.05, 0) is 50.9 Å². The number of aromatic amines is 1. The molecule has 148 valence electrons. The maximum absolute atomic E-state index is 13.0. The number of amides is 1. The van der Waals surface area contributed by atoms with Crippen LogP contribution in [-0.4, -0.2) is 59.4 Å². The fourth-order valence-corrected chi connectivity index (χ4v) is 4.17. The lowest BCUT2D eigenvalue weighted by atomic mass is 10.0. The van der Waals surface area contributed by atoms with Gasteiger partial charge in [-0.3, -0.25) is 9.69 Å². The Morgan fingerprint density at radius 3 is 2.68 bits per heavy atom. The molecule has 0 unspecified atom stereocenters. The molecule has 0 atom stereocenters. The zero-order chi connectivity index (χ0) is 19.5. The maximum Gasteiger partial charge on any atom is 0.341 e. The number of nitrogens with one attached hydrogen (secondary N) is 1. The van der Waals surface area contributed by atoms with Crippen LogP contribution in [0.25, 0.3) is 16.5 Å². The third-order valence-electron chi connectivity index (χ3n) is 5.59. The summed E-state index contributed by atoms with van der Waals surface area (Å²) in [5, 5.41) is 1.10. The highest BCUT2D eigenvalue weighted by molar-refractivity contribution is 6.18. The van der Waals surface area contributed by atoms with Crippen LogP contribution >= 0.6 is 0 Å². The van der Waals surface area contributed by atoms with Crippen molar-refractivity contribution in [1.82, 2.24) is 14.8 Å². The van der Waals surface area contributed by atoms with Crippen LogP contribution in [-0.2, 0) is 20.7 Å². The second-order valence-corrected chi connectivity index (χ2v) is 7.46. The molecule has 1 amide bonds. The summed E-state index contributed by atoms with van der Waals surface area (Å²) in [7, 11) is 0. The number of carbonyl (C=O) groups is 2. The molecule has 1 aromatic carbocycles. The van der Waals surface area contributed by atoms with Gasteiger partial charge in [0.05, 0.1) is 24.4 Å². The van der Waals surface area contributed by atoms with Crippen molar-refractivity contribution in [1.29, 1.82) is 0 Å². The first-order valence-corrected chi connectivity index (χ1v) is 10.2. The van der Waals surface area contributed by atoms with E-state index in [1.54, 1.807) is 18.0 Å². The molecule has 0 bridgehead atoms. The molecular weight excluding hydrogens is 354 g/mol. The standard InChI is InChI=1S/C22H27N3O3/c1-2-28-22(27)18-14-25(20(26)15-24-11-6-3-7-12-24)13-10-17-16-8-4-5-9-19(16)23-21(17)18/h4-5,8-9,14,23H,2-3,6-7,10-13,15H2,1H3. The largest absolute Gasteiger partial charge is 0.462 e. The van der Waals surface area contributed by atoms with E-state index in [0.717, 1.165) is 48.1 Å². The van der Waals surface area contributed by atoms with E-state index in [2.05, 4.69) is 16.0 Å². The number of nitrogens with zero attached hydrogens (tertiary/aromatic N) is 2. The molecule has 2 aliphatic heterocycles. The van der Waals surface area contributed by atoms with Gasteiger partial charge in [0.15, 0.2) is 0 Å². The van der Waals surface area contributed by atoms with E-state index in [1.807, 2.05) is 18.2 Å². The van der Waals surface area contributed by atoms with Gasteiger partial charge in [-0.25, -0.2) is 4.79 Å². The summed E-state index contributed by atoms with van der Waals surface area (Å²) in [5.74, 6) is -0.355. The number of hydrogen-bond acceptors (Lipinski definition) is 4. The first kappa shape index (κ1) is 18.7. The Hall–Kier alpha value is -2.60. The minimum absolute atomic E-state index is 0.0400. The van der Waals surface area contributed by atoms with E-state index in [1.165, 1.54) is 6.42 Å². The maximum atomic E-state index is 13.0. The molecule has 0 radical (unpaired) electrons. The van der Waals surface area contributed by atoms with Gasteiger partial charge >= 0.3 is 5.97 Å². The molecule has 1 aromatic heterocycles. The predicted molar refractivity (Wildman–Crippen MR) is 109 cm³/mol. The van der Waals surface area contributed by atoms with Gasteiger partial charge in [0.1, 0.15) is 0 Å². The van der Waals surface area contributed by atoms with Crippen molar-refractivity contribution >= 4 is 28.4 Å². The Morgan fingerprint density at radius 2 is 1.89 bits per heavy atom. The van der Waals surface area contributed by atoms with Gasteiger partial charge in [-0.2, -0.15) is 0 Å². The normalized spacial score (nSPS) is 17.8. The molecule has 4 rings (SSSR count). The number of H-pyrrole nitrogens is 1. The third-order valence-corrected chi connectivity index (χ3v) is 5.59. The van der Waals surface area contributed by atoms with E-state index in [4.69, 9.17) is 4.74 Å². The van der Waals surface area contributed by atoms with Crippen LogP contribution in [0.1, 0.15) is 37.4 Å². The van der Waals surface area contributed by atoms with Crippen molar-refractivity contribution < 1.29 is 14.3 Å². The first-order valence-electron chi connectivity index (χ1n) is 10.2. The van der Waals surface area contributed by atoms with Gasteiger partial charge in [-0.1, -0.05) is 24.6 Å². The predicted octanol–water partition coefficient (Wildman–Crippen LogP) is 2.94. The molecule has 6 heteroatoms. The molecule has 2 aliphatic rings. The average Bonchev–Trinajstić information content (AvgIpc) is 2.96. The summed E-state index contributed by atoms with van der Waals surface area (Å²) >= 11 is 0. The van der Waals surface area contributed by atoms with Crippen LogP contribution in [0.3, 0.4) is 0 Å². The van der Waals surface area contributed by atoms with E-state index >= 15 is 0 Å². The summed E-state index contributed by atoms with van der Waals surface area (Å²) in [4.78, 5) is 32.9. The second-order valence-electron chi connectivity index (χ2n) is 7.46. The number of likely N-dealkylation sites (tertiary alicyclic amines) is 1. The Balaban J connectivity index is 1.65.